The van der Waals surface area contributed by atoms with Crippen molar-refractivity contribution in [2.24, 2.45) is 0 Å². The molecule has 3 rings (SSSR count). The van der Waals surface area contributed by atoms with E-state index in [2.05, 4.69) is 27.0 Å². The van der Waals surface area contributed by atoms with Gasteiger partial charge in [0.15, 0.2) is 0 Å². The zero-order valence-corrected chi connectivity index (χ0v) is 12.1. The van der Waals surface area contributed by atoms with E-state index in [0.29, 0.717) is 0 Å². The van der Waals surface area contributed by atoms with E-state index in [9.17, 15) is 4.79 Å². The van der Waals surface area contributed by atoms with E-state index in [-0.39, 0.29) is 11.9 Å². The van der Waals surface area contributed by atoms with Gasteiger partial charge in [0.1, 0.15) is 0 Å². The van der Waals surface area contributed by atoms with Gasteiger partial charge in [-0.05, 0) is 49.2 Å². The molecule has 0 unspecified atom stereocenters. The van der Waals surface area contributed by atoms with Crippen LogP contribution in [0.4, 0.5) is 0 Å². The molecule has 98 valence electrons. The van der Waals surface area contributed by atoms with Crippen molar-refractivity contribution >= 4 is 21.8 Å². The predicted octanol–water partition coefficient (Wildman–Crippen LogP) is 3.75. The van der Waals surface area contributed by atoms with Crippen molar-refractivity contribution in [3.8, 4) is 0 Å². The van der Waals surface area contributed by atoms with Gasteiger partial charge in [0, 0.05) is 28.5 Å². The summed E-state index contributed by atoms with van der Waals surface area (Å²) >= 11 is 3.39. The number of rotatable bonds is 2. The summed E-state index contributed by atoms with van der Waals surface area (Å²) in [5.41, 5.74) is 1.88. The third kappa shape index (κ3) is 2.45. The van der Waals surface area contributed by atoms with Crippen LogP contribution in [0, 0.1) is 0 Å². The van der Waals surface area contributed by atoms with Gasteiger partial charge in [0.25, 0.3) is 5.91 Å². The lowest BCUT2D eigenvalue weighted by Gasteiger charge is -2.24. The highest BCUT2D eigenvalue weighted by molar-refractivity contribution is 9.10. The predicted molar refractivity (Wildman–Crippen MR) is 77.9 cm³/mol. The Kier molecular flexibility index (Phi) is 3.42. The summed E-state index contributed by atoms with van der Waals surface area (Å²) in [5, 5.41) is 0. The van der Waals surface area contributed by atoms with Crippen LogP contribution in [-0.4, -0.2) is 22.3 Å². The fourth-order valence-electron chi connectivity index (χ4n) is 2.64. The van der Waals surface area contributed by atoms with Crippen LogP contribution < -0.4 is 0 Å². The van der Waals surface area contributed by atoms with Crippen molar-refractivity contribution in [1.82, 2.24) is 9.88 Å². The molecule has 1 amide bonds. The molecular formula is C15H15BrN2O. The van der Waals surface area contributed by atoms with Gasteiger partial charge >= 0.3 is 0 Å². The average molecular weight is 319 g/mol. The van der Waals surface area contributed by atoms with Crippen LogP contribution in [0.25, 0.3) is 0 Å². The van der Waals surface area contributed by atoms with E-state index in [1.807, 2.05) is 41.4 Å². The highest BCUT2D eigenvalue weighted by Crippen LogP contribution is 2.32. The van der Waals surface area contributed by atoms with Gasteiger partial charge in [-0.1, -0.05) is 15.9 Å². The van der Waals surface area contributed by atoms with Gasteiger partial charge in [-0.25, -0.2) is 0 Å². The lowest BCUT2D eigenvalue weighted by molar-refractivity contribution is 0.0733. The molecule has 1 aliphatic heterocycles. The molecule has 0 bridgehead atoms. The normalized spacial score (nSPS) is 18.8. The van der Waals surface area contributed by atoms with Crippen LogP contribution in [-0.2, 0) is 0 Å². The van der Waals surface area contributed by atoms with E-state index < -0.39 is 0 Å². The Morgan fingerprint density at radius 1 is 1.26 bits per heavy atom. The lowest BCUT2D eigenvalue weighted by atomic mass is 10.1. The summed E-state index contributed by atoms with van der Waals surface area (Å²) in [6.45, 7) is 0.832. The molecule has 3 nitrogen and oxygen atoms in total. The van der Waals surface area contributed by atoms with Crippen molar-refractivity contribution in [2.75, 3.05) is 6.54 Å². The Morgan fingerprint density at radius 3 is 2.74 bits per heavy atom. The van der Waals surface area contributed by atoms with E-state index in [1.165, 1.54) is 0 Å². The topological polar surface area (TPSA) is 36.1 Å². The van der Waals surface area contributed by atoms with E-state index >= 15 is 0 Å². The molecule has 0 radical (unpaired) electrons. The fourth-order valence-corrected chi connectivity index (χ4v) is 2.91. The quantitative estimate of drug-likeness (QED) is 0.899. The molecule has 1 aliphatic rings. The van der Waals surface area contributed by atoms with Gasteiger partial charge < -0.3 is 9.88 Å². The molecule has 4 heteroatoms. The first-order valence-corrected chi connectivity index (χ1v) is 7.25. The SMILES string of the molecule is O=C(c1ccc(Br)cc1)N1CCC[C@H]1c1ccc[nH]1. The number of aromatic amines is 1. The second-order valence-corrected chi connectivity index (χ2v) is 5.70. The number of H-pyrrole nitrogens is 1. The number of carbonyl (C=O) groups excluding carboxylic acids is 1. The molecule has 1 N–H and O–H groups in total. The van der Waals surface area contributed by atoms with Gasteiger partial charge in [0.2, 0.25) is 0 Å². The second kappa shape index (κ2) is 5.21. The van der Waals surface area contributed by atoms with Crippen molar-refractivity contribution in [3.05, 3.63) is 58.3 Å². The molecule has 1 fully saturated rings. The maximum Gasteiger partial charge on any atom is 0.254 e. The minimum atomic E-state index is 0.115. The van der Waals surface area contributed by atoms with Crippen LogP contribution in [0.3, 0.4) is 0 Å². The number of hydrogen-bond acceptors (Lipinski definition) is 1. The second-order valence-electron chi connectivity index (χ2n) is 4.79. The van der Waals surface area contributed by atoms with Crippen LogP contribution in [0.2, 0.25) is 0 Å². The van der Waals surface area contributed by atoms with Crippen LogP contribution in [0.1, 0.15) is 34.9 Å². The molecule has 0 aliphatic carbocycles. The fraction of sp³-hybridized carbons (Fsp3) is 0.267. The summed E-state index contributed by atoms with van der Waals surface area (Å²) in [7, 11) is 0. The van der Waals surface area contributed by atoms with Gasteiger partial charge in [-0.3, -0.25) is 4.79 Å². The van der Waals surface area contributed by atoms with Gasteiger partial charge in [0.05, 0.1) is 6.04 Å². The number of amides is 1. The number of aromatic nitrogens is 1. The number of carbonyl (C=O) groups is 1. The Labute approximate surface area is 120 Å². The minimum Gasteiger partial charge on any atom is -0.363 e. The van der Waals surface area contributed by atoms with Crippen molar-refractivity contribution < 1.29 is 4.79 Å². The zero-order valence-electron chi connectivity index (χ0n) is 10.5. The van der Waals surface area contributed by atoms with Crippen molar-refractivity contribution in [2.45, 2.75) is 18.9 Å². The summed E-state index contributed by atoms with van der Waals surface area (Å²) in [5.74, 6) is 0.115. The molecule has 1 aromatic heterocycles. The maximum atomic E-state index is 12.6. The number of nitrogens with one attached hydrogen (secondary N) is 1. The smallest absolute Gasteiger partial charge is 0.254 e. The molecule has 2 aromatic rings. The van der Waals surface area contributed by atoms with Crippen molar-refractivity contribution in [1.29, 1.82) is 0 Å². The summed E-state index contributed by atoms with van der Waals surface area (Å²) in [4.78, 5) is 17.8. The van der Waals surface area contributed by atoms with Crippen LogP contribution in [0.15, 0.2) is 47.1 Å². The van der Waals surface area contributed by atoms with E-state index in [4.69, 9.17) is 0 Å². The summed E-state index contributed by atoms with van der Waals surface area (Å²) < 4.78 is 0.992. The average Bonchev–Trinajstić information content (AvgIpc) is 3.09. The highest BCUT2D eigenvalue weighted by Gasteiger charge is 2.30. The minimum absolute atomic E-state index is 0.115. The monoisotopic (exact) mass is 318 g/mol. The summed E-state index contributed by atoms with van der Waals surface area (Å²) in [6, 6.07) is 11.8. The number of nitrogens with zero attached hydrogens (tertiary/aromatic N) is 1. The van der Waals surface area contributed by atoms with E-state index in [1.54, 1.807) is 0 Å². The first-order chi connectivity index (χ1) is 9.25. The summed E-state index contributed by atoms with van der Waals surface area (Å²) in [6.07, 6.45) is 4.00. The van der Waals surface area contributed by atoms with Crippen molar-refractivity contribution in [3.63, 3.8) is 0 Å². The maximum absolute atomic E-state index is 12.6. The highest BCUT2D eigenvalue weighted by atomic mass is 79.9. The first-order valence-electron chi connectivity index (χ1n) is 6.45. The number of halogens is 1. The lowest BCUT2D eigenvalue weighted by Crippen LogP contribution is -2.30. The number of likely N-dealkylation sites (tertiary alicyclic amines) is 1. The zero-order chi connectivity index (χ0) is 13.2. The third-order valence-corrected chi connectivity index (χ3v) is 4.11. The Morgan fingerprint density at radius 2 is 2.05 bits per heavy atom. The Bertz CT molecular complexity index is 562. The Balaban J connectivity index is 1.84. The first kappa shape index (κ1) is 12.5. The molecular weight excluding hydrogens is 304 g/mol. The van der Waals surface area contributed by atoms with Crippen LogP contribution in [0.5, 0.6) is 0 Å². The molecule has 0 spiro atoms. The molecule has 2 heterocycles. The van der Waals surface area contributed by atoms with Gasteiger partial charge in [-0.2, -0.15) is 0 Å². The van der Waals surface area contributed by atoms with Gasteiger partial charge in [-0.15, -0.1) is 0 Å². The molecule has 1 aromatic carbocycles. The third-order valence-electron chi connectivity index (χ3n) is 3.59. The molecule has 1 atom stereocenters. The Hall–Kier alpha value is -1.55. The molecule has 1 saturated heterocycles. The largest absolute Gasteiger partial charge is 0.363 e. The standard InChI is InChI=1S/C15H15BrN2O/c16-12-7-5-11(6-8-12)15(19)18-10-2-4-14(18)13-3-1-9-17-13/h1,3,5-9,14,17H,2,4,10H2/t14-/m0/s1. The van der Waals surface area contributed by atoms with E-state index in [0.717, 1.165) is 35.1 Å². The number of hydrogen-bond donors (Lipinski definition) is 1. The number of benzene rings is 1. The molecule has 19 heavy (non-hydrogen) atoms. The molecule has 0 saturated carbocycles. The van der Waals surface area contributed by atoms with Crippen LogP contribution >= 0.6 is 15.9 Å².